The zero-order valence-electron chi connectivity index (χ0n) is 27.4. The van der Waals surface area contributed by atoms with Gasteiger partial charge < -0.3 is 9.32 Å². The van der Waals surface area contributed by atoms with Crippen molar-refractivity contribution in [1.29, 1.82) is 0 Å². The first-order valence-corrected chi connectivity index (χ1v) is 17.0. The largest absolute Gasteiger partial charge is 0.456 e. The lowest BCUT2D eigenvalue weighted by Gasteiger charge is -2.29. The molecule has 232 valence electrons. The average molecular weight is 628 g/mol. The molecule has 9 aromatic rings. The van der Waals surface area contributed by atoms with E-state index in [1.54, 1.807) is 0 Å². The SMILES string of the molecule is CC1(C)c2ccc(N(c3ccc4oc5ccccc5c4c3)c3cc4ccccc4c4ccccc34)cc2-c2c(-c3ccccc3)cccc21. The molecule has 1 aromatic heterocycles. The first-order chi connectivity index (χ1) is 24.1. The van der Waals surface area contributed by atoms with Crippen molar-refractivity contribution in [3.05, 3.63) is 175 Å². The van der Waals surface area contributed by atoms with Crippen LogP contribution >= 0.6 is 0 Å². The molecule has 0 radical (unpaired) electrons. The van der Waals surface area contributed by atoms with Crippen molar-refractivity contribution in [2.24, 2.45) is 0 Å². The van der Waals surface area contributed by atoms with Gasteiger partial charge in [-0.15, -0.1) is 0 Å². The smallest absolute Gasteiger partial charge is 0.135 e. The Morgan fingerprint density at radius 3 is 1.98 bits per heavy atom. The van der Waals surface area contributed by atoms with E-state index in [0.717, 1.165) is 39.0 Å². The Bertz CT molecular complexity index is 2750. The van der Waals surface area contributed by atoms with E-state index in [0.29, 0.717) is 0 Å². The highest BCUT2D eigenvalue weighted by Crippen LogP contribution is 2.54. The maximum atomic E-state index is 6.29. The molecule has 8 aromatic carbocycles. The van der Waals surface area contributed by atoms with Crippen molar-refractivity contribution in [3.8, 4) is 22.3 Å². The van der Waals surface area contributed by atoms with Gasteiger partial charge in [0.15, 0.2) is 0 Å². The van der Waals surface area contributed by atoms with Crippen molar-refractivity contribution in [3.63, 3.8) is 0 Å². The van der Waals surface area contributed by atoms with E-state index in [-0.39, 0.29) is 5.41 Å². The summed E-state index contributed by atoms with van der Waals surface area (Å²) in [4.78, 5) is 2.45. The van der Waals surface area contributed by atoms with Gasteiger partial charge in [-0.25, -0.2) is 0 Å². The molecule has 10 rings (SSSR count). The fraction of sp³-hybridized carbons (Fsp3) is 0.0638. The van der Waals surface area contributed by atoms with Crippen molar-refractivity contribution in [1.82, 2.24) is 0 Å². The Balaban J connectivity index is 1.28. The molecular weight excluding hydrogens is 595 g/mol. The molecule has 0 fully saturated rings. The molecule has 0 atom stereocenters. The maximum absolute atomic E-state index is 6.29. The topological polar surface area (TPSA) is 16.4 Å². The van der Waals surface area contributed by atoms with Crippen LogP contribution in [-0.2, 0) is 5.41 Å². The molecule has 0 amide bonds. The normalized spacial score (nSPS) is 13.3. The highest BCUT2D eigenvalue weighted by Gasteiger charge is 2.37. The summed E-state index contributed by atoms with van der Waals surface area (Å²) in [6.45, 7) is 4.72. The van der Waals surface area contributed by atoms with Crippen molar-refractivity contribution >= 4 is 60.5 Å². The number of nitrogens with zero attached hydrogens (tertiary/aromatic N) is 1. The van der Waals surface area contributed by atoms with Gasteiger partial charge in [0.05, 0.1) is 5.69 Å². The summed E-state index contributed by atoms with van der Waals surface area (Å²) in [5, 5.41) is 7.17. The molecule has 0 bridgehead atoms. The first kappa shape index (κ1) is 27.9. The zero-order valence-corrected chi connectivity index (χ0v) is 27.4. The van der Waals surface area contributed by atoms with Gasteiger partial charge in [-0.2, -0.15) is 0 Å². The maximum Gasteiger partial charge on any atom is 0.135 e. The summed E-state index contributed by atoms with van der Waals surface area (Å²) in [6, 6.07) is 59.6. The molecule has 0 saturated carbocycles. The van der Waals surface area contributed by atoms with Gasteiger partial charge in [0.25, 0.3) is 0 Å². The fourth-order valence-corrected chi connectivity index (χ4v) is 8.29. The molecule has 0 saturated heterocycles. The van der Waals surface area contributed by atoms with E-state index < -0.39 is 0 Å². The van der Waals surface area contributed by atoms with E-state index in [1.165, 1.54) is 54.9 Å². The molecule has 2 nitrogen and oxygen atoms in total. The van der Waals surface area contributed by atoms with Crippen LogP contribution in [0.3, 0.4) is 0 Å². The molecule has 49 heavy (non-hydrogen) atoms. The Labute approximate surface area is 285 Å². The van der Waals surface area contributed by atoms with Crippen LogP contribution in [0.2, 0.25) is 0 Å². The molecule has 1 aliphatic rings. The van der Waals surface area contributed by atoms with Gasteiger partial charge in [-0.05, 0) is 92.0 Å². The lowest BCUT2D eigenvalue weighted by Crippen LogP contribution is -2.15. The number of rotatable bonds is 4. The summed E-state index contributed by atoms with van der Waals surface area (Å²) >= 11 is 0. The van der Waals surface area contributed by atoms with E-state index in [9.17, 15) is 0 Å². The molecule has 0 aliphatic heterocycles. The highest BCUT2D eigenvalue weighted by molar-refractivity contribution is 6.15. The molecular formula is C47H33NO. The van der Waals surface area contributed by atoms with Crippen LogP contribution in [0.15, 0.2) is 168 Å². The molecule has 1 aliphatic carbocycles. The summed E-state index contributed by atoms with van der Waals surface area (Å²) in [5.74, 6) is 0. The van der Waals surface area contributed by atoms with Crippen LogP contribution in [0.4, 0.5) is 17.1 Å². The number of para-hydroxylation sites is 1. The third kappa shape index (κ3) is 4.14. The number of fused-ring (bicyclic) bond motifs is 9. The van der Waals surface area contributed by atoms with Crippen LogP contribution < -0.4 is 4.90 Å². The number of furan rings is 1. The number of benzene rings is 8. The highest BCUT2D eigenvalue weighted by atomic mass is 16.3. The standard InChI is InChI=1S/C47H33NO/c1-47(2)41-25-23-32(29-40(41)46-35(20-12-21-42(46)47)30-13-4-3-5-14-30)48(33-24-26-45-39(28-33)38-19-10-11-22-44(38)49-45)43-27-31-15-6-7-16-34(31)36-17-8-9-18-37(36)43/h3-29H,1-2H3. The van der Waals surface area contributed by atoms with Gasteiger partial charge >= 0.3 is 0 Å². The predicted molar refractivity (Wildman–Crippen MR) is 206 cm³/mol. The quantitative estimate of drug-likeness (QED) is 0.181. The van der Waals surface area contributed by atoms with Gasteiger partial charge in [0.1, 0.15) is 11.2 Å². The average Bonchev–Trinajstić information content (AvgIpc) is 3.63. The lowest BCUT2D eigenvalue weighted by molar-refractivity contribution is 0.660. The zero-order chi connectivity index (χ0) is 32.7. The Morgan fingerprint density at radius 1 is 0.449 bits per heavy atom. The van der Waals surface area contributed by atoms with Gasteiger partial charge in [-0.1, -0.05) is 135 Å². The molecule has 0 N–H and O–H groups in total. The van der Waals surface area contributed by atoms with Crippen molar-refractivity contribution < 1.29 is 4.42 Å². The predicted octanol–water partition coefficient (Wildman–Crippen LogP) is 13.3. The van der Waals surface area contributed by atoms with E-state index in [4.69, 9.17) is 4.42 Å². The minimum absolute atomic E-state index is 0.122. The number of hydrogen-bond donors (Lipinski definition) is 0. The first-order valence-electron chi connectivity index (χ1n) is 17.0. The van der Waals surface area contributed by atoms with E-state index in [2.05, 4.69) is 170 Å². The van der Waals surface area contributed by atoms with Gasteiger partial charge in [0, 0.05) is 32.9 Å². The second-order valence-corrected chi connectivity index (χ2v) is 13.7. The second kappa shape index (κ2) is 10.4. The summed E-state index contributed by atoms with van der Waals surface area (Å²) in [7, 11) is 0. The molecule has 2 heteroatoms. The van der Waals surface area contributed by atoms with E-state index >= 15 is 0 Å². The third-order valence-corrected chi connectivity index (χ3v) is 10.6. The van der Waals surface area contributed by atoms with Gasteiger partial charge in [0.2, 0.25) is 0 Å². The Hall–Kier alpha value is -6.12. The minimum atomic E-state index is -0.122. The number of hydrogen-bond acceptors (Lipinski definition) is 2. The molecule has 0 unspecified atom stereocenters. The summed E-state index contributed by atoms with van der Waals surface area (Å²) in [5.41, 5.74) is 12.9. The van der Waals surface area contributed by atoms with Crippen LogP contribution in [0.25, 0.3) is 65.7 Å². The second-order valence-electron chi connectivity index (χ2n) is 13.7. The van der Waals surface area contributed by atoms with Crippen LogP contribution in [0.1, 0.15) is 25.0 Å². The minimum Gasteiger partial charge on any atom is -0.456 e. The van der Waals surface area contributed by atoms with Crippen LogP contribution in [0.5, 0.6) is 0 Å². The summed E-state index contributed by atoms with van der Waals surface area (Å²) in [6.07, 6.45) is 0. The fourth-order valence-electron chi connectivity index (χ4n) is 8.29. The lowest BCUT2D eigenvalue weighted by atomic mass is 9.82. The van der Waals surface area contributed by atoms with Crippen LogP contribution in [-0.4, -0.2) is 0 Å². The Morgan fingerprint density at radius 2 is 1.12 bits per heavy atom. The van der Waals surface area contributed by atoms with Gasteiger partial charge in [-0.3, -0.25) is 0 Å². The molecule has 1 heterocycles. The third-order valence-electron chi connectivity index (χ3n) is 10.6. The molecule has 0 spiro atoms. The Kier molecular flexibility index (Phi) is 5.95. The summed E-state index contributed by atoms with van der Waals surface area (Å²) < 4.78 is 6.29. The van der Waals surface area contributed by atoms with E-state index in [1.807, 2.05) is 12.1 Å². The number of anilines is 3. The van der Waals surface area contributed by atoms with Crippen molar-refractivity contribution in [2.45, 2.75) is 19.3 Å². The monoisotopic (exact) mass is 627 g/mol. The van der Waals surface area contributed by atoms with Crippen molar-refractivity contribution in [2.75, 3.05) is 4.90 Å². The van der Waals surface area contributed by atoms with Crippen LogP contribution in [0, 0.1) is 0 Å².